The van der Waals surface area contributed by atoms with Crippen molar-refractivity contribution in [1.82, 2.24) is 0 Å². The molecule has 0 spiro atoms. The molecule has 0 heterocycles. The second-order valence-corrected chi connectivity index (χ2v) is 2.90. The van der Waals surface area contributed by atoms with E-state index >= 15 is 0 Å². The van der Waals surface area contributed by atoms with Crippen LogP contribution < -0.4 is 4.90 Å². The number of anilines is 1. The molecule has 0 N–H and O–H groups in total. The summed E-state index contributed by atoms with van der Waals surface area (Å²) in [7, 11) is 0. The number of hydrogen-bond donors (Lipinski definition) is 0. The second kappa shape index (κ2) is 4.70. The van der Waals surface area contributed by atoms with Gasteiger partial charge in [-0.2, -0.15) is 0 Å². The van der Waals surface area contributed by atoms with Crippen molar-refractivity contribution < 1.29 is 0 Å². The summed E-state index contributed by atoms with van der Waals surface area (Å²) in [4.78, 5) is 2.31. The standard InChI is InChI=1S/C12H16N/c1-4-11-7-9-12(10-8-11)13(5-2)6-3/h7-10H,1,5-6H2,2-3H3. The molecule has 1 aromatic carbocycles. The highest BCUT2D eigenvalue weighted by Crippen LogP contribution is 2.14. The Hall–Kier alpha value is -1.24. The minimum Gasteiger partial charge on any atom is -0.372 e. The van der Waals surface area contributed by atoms with Gasteiger partial charge >= 0.3 is 0 Å². The largest absolute Gasteiger partial charge is 0.372 e. The predicted molar refractivity (Wildman–Crippen MR) is 58.0 cm³/mol. The first-order valence-electron chi connectivity index (χ1n) is 4.70. The lowest BCUT2D eigenvalue weighted by Gasteiger charge is -2.20. The number of rotatable bonds is 4. The molecule has 0 amide bonds. The van der Waals surface area contributed by atoms with Gasteiger partial charge in [0, 0.05) is 18.8 Å². The van der Waals surface area contributed by atoms with Crippen molar-refractivity contribution in [2.75, 3.05) is 18.0 Å². The third-order valence-corrected chi connectivity index (χ3v) is 2.20. The Morgan fingerprint density at radius 1 is 1.15 bits per heavy atom. The number of benzene rings is 1. The van der Waals surface area contributed by atoms with Gasteiger partial charge in [-0.15, -0.1) is 0 Å². The van der Waals surface area contributed by atoms with Crippen LogP contribution in [-0.4, -0.2) is 13.1 Å². The number of nitrogens with zero attached hydrogens (tertiary/aromatic N) is 1. The van der Waals surface area contributed by atoms with E-state index < -0.39 is 0 Å². The quantitative estimate of drug-likeness (QED) is 0.678. The molecule has 1 rings (SSSR count). The molecular formula is C12H16N. The van der Waals surface area contributed by atoms with Crippen LogP contribution in [0.5, 0.6) is 0 Å². The van der Waals surface area contributed by atoms with E-state index in [1.54, 1.807) is 0 Å². The summed E-state index contributed by atoms with van der Waals surface area (Å²) in [5.74, 6) is 0. The Labute approximate surface area is 80.7 Å². The van der Waals surface area contributed by atoms with Crippen LogP contribution in [0.2, 0.25) is 0 Å². The maximum atomic E-state index is 3.61. The normalized spacial score (nSPS) is 9.69. The molecule has 0 aliphatic rings. The molecule has 13 heavy (non-hydrogen) atoms. The smallest absolute Gasteiger partial charge is 0.0366 e. The van der Waals surface area contributed by atoms with Gasteiger partial charge in [0.1, 0.15) is 0 Å². The molecule has 1 heteroatoms. The first-order chi connectivity index (χ1) is 6.31. The zero-order valence-electron chi connectivity index (χ0n) is 8.38. The highest BCUT2D eigenvalue weighted by atomic mass is 15.1. The summed E-state index contributed by atoms with van der Waals surface area (Å²) in [6, 6.07) is 8.31. The van der Waals surface area contributed by atoms with Crippen LogP contribution in [-0.2, 0) is 0 Å². The topological polar surface area (TPSA) is 3.24 Å². The van der Waals surface area contributed by atoms with Crippen LogP contribution in [0.25, 0.3) is 0 Å². The van der Waals surface area contributed by atoms with Crippen molar-refractivity contribution in [3.63, 3.8) is 0 Å². The predicted octanol–water partition coefficient (Wildman–Crippen LogP) is 2.87. The van der Waals surface area contributed by atoms with E-state index in [1.807, 2.05) is 12.1 Å². The van der Waals surface area contributed by atoms with Gasteiger partial charge in [0.2, 0.25) is 0 Å². The Morgan fingerprint density at radius 2 is 1.69 bits per heavy atom. The molecule has 1 nitrogen and oxygen atoms in total. The SMILES string of the molecule is C=[C]c1ccc(N(CC)CC)cc1. The van der Waals surface area contributed by atoms with Gasteiger partial charge in [-0.3, -0.25) is 0 Å². The molecule has 0 aliphatic carbocycles. The maximum Gasteiger partial charge on any atom is 0.0366 e. The lowest BCUT2D eigenvalue weighted by Crippen LogP contribution is -2.21. The maximum absolute atomic E-state index is 3.61. The third-order valence-electron chi connectivity index (χ3n) is 2.20. The molecule has 0 fully saturated rings. The fourth-order valence-electron chi connectivity index (χ4n) is 1.38. The first kappa shape index (κ1) is 9.85. The van der Waals surface area contributed by atoms with Gasteiger partial charge in [-0.1, -0.05) is 18.7 Å². The Kier molecular flexibility index (Phi) is 3.56. The molecule has 0 saturated heterocycles. The summed E-state index contributed by atoms with van der Waals surface area (Å²) in [5.41, 5.74) is 2.32. The van der Waals surface area contributed by atoms with Crippen LogP contribution >= 0.6 is 0 Å². The van der Waals surface area contributed by atoms with Crippen molar-refractivity contribution in [2.45, 2.75) is 13.8 Å². The van der Waals surface area contributed by atoms with Gasteiger partial charge in [0.25, 0.3) is 0 Å². The zero-order chi connectivity index (χ0) is 9.68. The van der Waals surface area contributed by atoms with E-state index in [4.69, 9.17) is 0 Å². The van der Waals surface area contributed by atoms with Crippen molar-refractivity contribution in [1.29, 1.82) is 0 Å². The van der Waals surface area contributed by atoms with Crippen LogP contribution in [0.15, 0.2) is 30.8 Å². The zero-order valence-corrected chi connectivity index (χ0v) is 8.38. The fourth-order valence-corrected chi connectivity index (χ4v) is 1.38. The monoisotopic (exact) mass is 174 g/mol. The molecule has 1 radical (unpaired) electrons. The van der Waals surface area contributed by atoms with E-state index in [0.717, 1.165) is 18.7 Å². The van der Waals surface area contributed by atoms with E-state index in [2.05, 4.69) is 43.5 Å². The molecule has 0 atom stereocenters. The Morgan fingerprint density at radius 3 is 2.08 bits per heavy atom. The molecule has 1 aromatic rings. The molecular weight excluding hydrogens is 158 g/mol. The minimum absolute atomic E-state index is 1.05. The van der Waals surface area contributed by atoms with Crippen LogP contribution in [0.1, 0.15) is 19.4 Å². The molecule has 69 valence electrons. The van der Waals surface area contributed by atoms with Gasteiger partial charge in [-0.05, 0) is 37.6 Å². The number of hydrogen-bond acceptors (Lipinski definition) is 1. The molecule has 0 aliphatic heterocycles. The lowest BCUT2D eigenvalue weighted by molar-refractivity contribution is 0.866. The van der Waals surface area contributed by atoms with E-state index in [9.17, 15) is 0 Å². The van der Waals surface area contributed by atoms with Crippen LogP contribution in [0.3, 0.4) is 0 Å². The molecule has 0 aromatic heterocycles. The Bertz CT molecular complexity index is 257. The van der Waals surface area contributed by atoms with Gasteiger partial charge in [-0.25, -0.2) is 0 Å². The van der Waals surface area contributed by atoms with Crippen molar-refractivity contribution in [2.24, 2.45) is 0 Å². The Balaban J connectivity index is 2.83. The van der Waals surface area contributed by atoms with Gasteiger partial charge in [0.15, 0.2) is 0 Å². The summed E-state index contributed by atoms with van der Waals surface area (Å²) >= 11 is 0. The average molecular weight is 174 g/mol. The summed E-state index contributed by atoms with van der Waals surface area (Å²) in [6.07, 6.45) is 2.86. The molecule has 0 bridgehead atoms. The van der Waals surface area contributed by atoms with Crippen molar-refractivity contribution >= 4 is 5.69 Å². The summed E-state index contributed by atoms with van der Waals surface area (Å²) < 4.78 is 0. The molecule has 0 unspecified atom stereocenters. The summed E-state index contributed by atoms with van der Waals surface area (Å²) in [5, 5.41) is 0. The molecule has 0 saturated carbocycles. The minimum atomic E-state index is 1.05. The third kappa shape index (κ3) is 2.35. The van der Waals surface area contributed by atoms with Gasteiger partial charge in [0.05, 0.1) is 0 Å². The highest BCUT2D eigenvalue weighted by Gasteiger charge is 1.99. The van der Waals surface area contributed by atoms with E-state index in [0.29, 0.717) is 0 Å². The van der Waals surface area contributed by atoms with Crippen LogP contribution in [0.4, 0.5) is 5.69 Å². The fraction of sp³-hybridized carbons (Fsp3) is 0.333. The second-order valence-electron chi connectivity index (χ2n) is 2.90. The van der Waals surface area contributed by atoms with Crippen LogP contribution in [0, 0.1) is 6.08 Å². The highest BCUT2D eigenvalue weighted by molar-refractivity contribution is 5.48. The lowest BCUT2D eigenvalue weighted by atomic mass is 10.2. The average Bonchev–Trinajstić information content (AvgIpc) is 2.21. The van der Waals surface area contributed by atoms with E-state index in [-0.39, 0.29) is 0 Å². The van der Waals surface area contributed by atoms with Crippen molar-refractivity contribution in [3.8, 4) is 0 Å². The van der Waals surface area contributed by atoms with Crippen molar-refractivity contribution in [3.05, 3.63) is 42.5 Å². The van der Waals surface area contributed by atoms with E-state index in [1.165, 1.54) is 5.69 Å². The van der Waals surface area contributed by atoms with Gasteiger partial charge < -0.3 is 4.90 Å². The summed E-state index contributed by atoms with van der Waals surface area (Å²) in [6.45, 7) is 10.0. The first-order valence-corrected chi connectivity index (χ1v) is 4.70.